The highest BCUT2D eigenvalue weighted by atomic mass is 19.4. The van der Waals surface area contributed by atoms with Gasteiger partial charge in [0.15, 0.2) is 0 Å². The van der Waals surface area contributed by atoms with E-state index >= 15 is 0 Å². The second-order valence-electron chi connectivity index (χ2n) is 9.38. The largest absolute Gasteiger partial charge is 0.460 e. The van der Waals surface area contributed by atoms with Gasteiger partial charge in [0.2, 0.25) is 5.72 Å². The first-order chi connectivity index (χ1) is 18.8. The van der Waals surface area contributed by atoms with Crippen LogP contribution in [0.15, 0.2) is 72.8 Å². The fourth-order valence-corrected chi connectivity index (χ4v) is 3.72. The highest BCUT2D eigenvalue weighted by Crippen LogP contribution is 2.51. The molecular weight excluding hydrogens is 574 g/mol. The number of rotatable bonds is 10. The lowest BCUT2D eigenvalue weighted by atomic mass is 9.98. The molecule has 0 amide bonds. The first kappa shape index (κ1) is 32.0. The molecule has 3 rings (SSSR count). The van der Waals surface area contributed by atoms with Crippen molar-refractivity contribution < 1.29 is 53.7 Å². The first-order valence-corrected chi connectivity index (χ1v) is 11.8. The monoisotopic (exact) mass is 598 g/mol. The van der Waals surface area contributed by atoms with Gasteiger partial charge < -0.3 is 14.7 Å². The summed E-state index contributed by atoms with van der Waals surface area (Å²) in [6, 6.07) is 14.3. The first-order valence-electron chi connectivity index (χ1n) is 11.8. The number of hydrogen-bond acceptors (Lipinski definition) is 4. The van der Waals surface area contributed by atoms with Crippen molar-refractivity contribution in [2.24, 2.45) is 0 Å². The fraction of sp³-hybridized carbons (Fsp3) is 0.333. The van der Waals surface area contributed by atoms with E-state index in [0.717, 1.165) is 11.8 Å². The summed E-state index contributed by atoms with van der Waals surface area (Å²) in [5.41, 5.74) is -5.19. The summed E-state index contributed by atoms with van der Waals surface area (Å²) in [6.07, 6.45) is -13.0. The van der Waals surface area contributed by atoms with Gasteiger partial charge in [0.05, 0.1) is 0 Å². The third-order valence-electron chi connectivity index (χ3n) is 6.02. The average molecular weight is 598 g/mol. The van der Waals surface area contributed by atoms with Gasteiger partial charge in [-0.2, -0.15) is 43.9 Å². The molecule has 0 radical (unpaired) electrons. The van der Waals surface area contributed by atoms with Crippen LogP contribution in [0.3, 0.4) is 0 Å². The summed E-state index contributed by atoms with van der Waals surface area (Å²) < 4.78 is 140. The highest BCUT2D eigenvalue weighted by Gasteiger charge is 2.73. The Hall–Kier alpha value is -3.52. The number of alkyl halides is 10. The van der Waals surface area contributed by atoms with Crippen molar-refractivity contribution in [2.45, 2.75) is 42.9 Å². The van der Waals surface area contributed by atoms with Gasteiger partial charge in [0, 0.05) is 44.4 Å². The third kappa shape index (κ3) is 7.04. The van der Waals surface area contributed by atoms with Crippen LogP contribution < -0.4 is 15.0 Å². The summed E-state index contributed by atoms with van der Waals surface area (Å²) in [6.45, 7) is -1.01. The normalized spacial score (nSPS) is 14.5. The summed E-state index contributed by atoms with van der Waals surface area (Å²) in [4.78, 5) is 1.80. The lowest BCUT2D eigenvalue weighted by molar-refractivity contribution is -0.359. The zero-order valence-corrected chi connectivity index (χ0v) is 21.4. The zero-order chi connectivity index (χ0) is 30.9. The minimum absolute atomic E-state index is 0.0521. The maximum absolute atomic E-state index is 14.1. The van der Waals surface area contributed by atoms with Gasteiger partial charge in [-0.3, -0.25) is 5.32 Å². The second kappa shape index (κ2) is 11.4. The summed E-state index contributed by atoms with van der Waals surface area (Å²) in [7, 11) is 3.59. The molecule has 224 valence electrons. The van der Waals surface area contributed by atoms with Gasteiger partial charge in [-0.05, 0) is 41.5 Å². The van der Waals surface area contributed by atoms with Crippen molar-refractivity contribution in [1.82, 2.24) is 5.32 Å². The summed E-state index contributed by atoms with van der Waals surface area (Å²) >= 11 is 0. The topological polar surface area (TPSA) is 44.7 Å². The van der Waals surface area contributed by atoms with Gasteiger partial charge in [-0.1, -0.05) is 36.4 Å². The Bertz CT molecular complexity index is 1340. The molecule has 0 aliphatic rings. The predicted molar refractivity (Wildman–Crippen MR) is 130 cm³/mol. The van der Waals surface area contributed by atoms with Crippen LogP contribution in [-0.4, -0.2) is 43.2 Å². The molecule has 1 unspecified atom stereocenters. The molecule has 0 aliphatic carbocycles. The molecule has 4 nitrogen and oxygen atoms in total. The fourth-order valence-electron chi connectivity index (χ4n) is 3.72. The standard InChI is InChI=1S/C27H24F10N2O2/c1-39(2)20-9-5-11-22(14-20)41-21-10-4-6-17(13-21)15-23(40,26(32,33)34)38-16-18-7-3-8-19(12-18)24(28,29)25(30,31)27(35,36)37/h3-14,38,40H,15-16H2,1-2H3. The molecular formula is C27H24F10N2O2. The number of benzene rings is 3. The van der Waals surface area contributed by atoms with Crippen LogP contribution in [0.25, 0.3) is 0 Å². The van der Waals surface area contributed by atoms with E-state index in [2.05, 4.69) is 0 Å². The number of hydrogen-bond donors (Lipinski definition) is 2. The molecule has 0 aliphatic heterocycles. The van der Waals surface area contributed by atoms with E-state index in [1.165, 1.54) is 24.3 Å². The molecule has 0 fully saturated rings. The van der Waals surface area contributed by atoms with Crippen LogP contribution in [0.1, 0.15) is 16.7 Å². The Kier molecular flexibility index (Phi) is 8.89. The molecule has 0 bridgehead atoms. The number of nitrogens with one attached hydrogen (secondary N) is 1. The van der Waals surface area contributed by atoms with Crippen molar-refractivity contribution >= 4 is 5.69 Å². The van der Waals surface area contributed by atoms with Crippen LogP contribution in [0.5, 0.6) is 11.5 Å². The molecule has 0 aromatic heterocycles. The Morgan fingerprint density at radius 3 is 1.85 bits per heavy atom. The van der Waals surface area contributed by atoms with Crippen LogP contribution in [0.4, 0.5) is 49.6 Å². The van der Waals surface area contributed by atoms with Gasteiger partial charge in [0.1, 0.15) is 11.5 Å². The van der Waals surface area contributed by atoms with E-state index in [0.29, 0.717) is 17.9 Å². The van der Waals surface area contributed by atoms with Crippen molar-refractivity contribution in [2.75, 3.05) is 19.0 Å². The Balaban J connectivity index is 1.82. The predicted octanol–water partition coefficient (Wildman–Crippen LogP) is 7.42. The minimum Gasteiger partial charge on any atom is -0.457 e. The maximum atomic E-state index is 14.1. The van der Waals surface area contributed by atoms with Crippen molar-refractivity contribution in [3.05, 3.63) is 89.5 Å². The molecule has 14 heteroatoms. The number of ether oxygens (including phenoxy) is 1. The number of aliphatic hydroxyl groups is 1. The molecule has 41 heavy (non-hydrogen) atoms. The Morgan fingerprint density at radius 1 is 0.707 bits per heavy atom. The molecule has 2 N–H and O–H groups in total. The lowest BCUT2D eigenvalue weighted by Gasteiger charge is -2.32. The maximum Gasteiger partial charge on any atom is 0.460 e. The SMILES string of the molecule is CN(C)c1cccc(Oc2cccc(CC(O)(NCc3cccc(C(F)(F)C(F)(F)C(F)(F)F)c3)C(F)(F)F)c2)c1. The Morgan fingerprint density at radius 2 is 1.27 bits per heavy atom. The quantitative estimate of drug-likeness (QED) is 0.188. The van der Waals surface area contributed by atoms with Crippen LogP contribution >= 0.6 is 0 Å². The highest BCUT2D eigenvalue weighted by molar-refractivity contribution is 5.50. The lowest BCUT2D eigenvalue weighted by Crippen LogP contribution is -2.58. The van der Waals surface area contributed by atoms with Gasteiger partial charge in [0.25, 0.3) is 0 Å². The molecule has 3 aromatic carbocycles. The van der Waals surface area contributed by atoms with Gasteiger partial charge in [-0.15, -0.1) is 0 Å². The van der Waals surface area contributed by atoms with Gasteiger partial charge >= 0.3 is 24.2 Å². The molecule has 0 saturated heterocycles. The van der Waals surface area contributed by atoms with Gasteiger partial charge in [-0.25, -0.2) is 0 Å². The van der Waals surface area contributed by atoms with E-state index in [4.69, 9.17) is 4.74 Å². The average Bonchev–Trinajstić information content (AvgIpc) is 2.86. The second-order valence-corrected chi connectivity index (χ2v) is 9.38. The Labute approximate surface area is 228 Å². The summed E-state index contributed by atoms with van der Waals surface area (Å²) in [5.74, 6) is -11.6. The number of nitrogens with zero attached hydrogens (tertiary/aromatic N) is 1. The molecule has 0 saturated carbocycles. The summed E-state index contributed by atoms with van der Waals surface area (Å²) in [5, 5.41) is 12.3. The molecule has 0 spiro atoms. The van der Waals surface area contributed by atoms with E-state index < -0.39 is 54.0 Å². The number of anilines is 1. The third-order valence-corrected chi connectivity index (χ3v) is 6.02. The van der Waals surface area contributed by atoms with Crippen LogP contribution in [-0.2, 0) is 18.9 Å². The van der Waals surface area contributed by atoms with Crippen LogP contribution in [0.2, 0.25) is 0 Å². The molecule has 3 aromatic rings. The smallest absolute Gasteiger partial charge is 0.457 e. The van der Waals surface area contributed by atoms with Crippen molar-refractivity contribution in [3.63, 3.8) is 0 Å². The van der Waals surface area contributed by atoms with E-state index in [1.807, 2.05) is 0 Å². The van der Waals surface area contributed by atoms with E-state index in [-0.39, 0.29) is 17.4 Å². The number of halogens is 10. The van der Waals surface area contributed by atoms with E-state index in [1.54, 1.807) is 48.6 Å². The van der Waals surface area contributed by atoms with Crippen LogP contribution in [0, 0.1) is 0 Å². The van der Waals surface area contributed by atoms with Crippen molar-refractivity contribution in [3.8, 4) is 11.5 Å². The van der Waals surface area contributed by atoms with Crippen molar-refractivity contribution in [1.29, 1.82) is 0 Å². The molecule has 0 heterocycles. The zero-order valence-electron chi connectivity index (χ0n) is 21.4. The minimum atomic E-state index is -6.59. The molecule has 1 atom stereocenters. The van der Waals surface area contributed by atoms with E-state index in [9.17, 15) is 49.0 Å².